The van der Waals surface area contributed by atoms with Crippen molar-refractivity contribution in [3.63, 3.8) is 0 Å². The molecule has 0 spiro atoms. The van der Waals surface area contributed by atoms with E-state index >= 15 is 0 Å². The molecule has 0 atom stereocenters. The maximum absolute atomic E-state index is 14.4. The van der Waals surface area contributed by atoms with Gasteiger partial charge in [0.05, 0.1) is 91.8 Å². The Kier molecular flexibility index (Phi) is 32.9. The standard InChI is InChI=1S/C68H58N10O20S4.6Na/c79-65-61-41(27-59(101(91,92)93)63(65)75-73-43-7-3-1-4-8-43)25-53(99(85,86)87)37-57(61)71-49-29-47(31-51(33-49)77-17-21-97-22-18-77)69-45-15-13-39(55(35-45)67(81)82)11-12-40-14-16-46(36-56(40)68(83)84)70-48-30-50(34-52(32-48)78-19-23-98-24-20-78)72-58-38-54(100(88,89)90)26-42-28-60(102(94,95)96)64(66(80)62(42)58)76-74-44-9-5-2-6-10-44;;;;;;/h1-16,25-38,69-74H,17-24H2,(H,81,82)(H,83,84)(H,85,86,87)(H,88,89,90)(H,91,92,93)(H,94,95,96);;;;;;/q;6*+1/p-6/b12-11+,75-63+,76-64+;;;;;;. The smallest absolute Gasteiger partial charge is 0.744 e. The first-order valence-corrected chi connectivity index (χ1v) is 36.1. The zero-order valence-electron chi connectivity index (χ0n) is 58.6. The number of carbonyl (C=O) groups is 4. The summed E-state index contributed by atoms with van der Waals surface area (Å²) in [5, 5.41) is 46.1. The average Bonchev–Trinajstić information content (AvgIpc) is 0.749. The number of para-hydroxylation sites is 2. The SMILES string of the molecule is O=C([O-])c1cc(Nc2cc(Nc3cc(S(=O)(=O)[O-])cc4c3C(=O)/C(=N/Nc3ccccc3)C(S(=O)(=O)[O-])=C4)cc(N3CCOCC3)c2)ccc1/C=C/c1ccc(Nc2cc(Nc3cc(S(=O)(=O)[O-])cc4c3C(=O)/C(=N/Nc3ccccc3)C(S(=O)(=O)[O-])=C4)cc(N3CCOCC3)c2)cc1C(=O)[O-].[Na+].[Na+].[Na+].[Na+].[Na+].[Na+]. The first-order valence-electron chi connectivity index (χ1n) is 30.4. The van der Waals surface area contributed by atoms with Crippen molar-refractivity contribution < 1.29 is 268 Å². The van der Waals surface area contributed by atoms with Crippen molar-refractivity contribution >= 4 is 168 Å². The Morgan fingerprint density at radius 1 is 0.398 bits per heavy atom. The molecule has 524 valence electrons. The summed E-state index contributed by atoms with van der Waals surface area (Å²) in [6.07, 6.45) is 4.14. The monoisotopic (exact) mass is 1590 g/mol. The van der Waals surface area contributed by atoms with Gasteiger partial charge in [-0.2, -0.15) is 10.2 Å². The van der Waals surface area contributed by atoms with Crippen LogP contribution in [0.4, 0.5) is 68.2 Å². The van der Waals surface area contributed by atoms with Gasteiger partial charge in [-0.1, -0.05) is 60.7 Å². The molecule has 0 amide bonds. The van der Waals surface area contributed by atoms with E-state index in [-0.39, 0.29) is 256 Å². The second-order valence-corrected chi connectivity index (χ2v) is 28.4. The number of anilines is 12. The van der Waals surface area contributed by atoms with Gasteiger partial charge >= 0.3 is 177 Å². The minimum Gasteiger partial charge on any atom is -0.744 e. The number of hydrazone groups is 2. The summed E-state index contributed by atoms with van der Waals surface area (Å²) in [7, 11) is -21.6. The number of aromatic carboxylic acids is 2. The molecule has 0 saturated carbocycles. The molecule has 0 bridgehead atoms. The van der Waals surface area contributed by atoms with E-state index in [1.165, 1.54) is 60.7 Å². The first-order chi connectivity index (χ1) is 48.5. The molecule has 12 rings (SSSR count). The van der Waals surface area contributed by atoms with Crippen LogP contribution >= 0.6 is 0 Å². The Balaban J connectivity index is 0.00000304. The van der Waals surface area contributed by atoms with Crippen LogP contribution in [0.3, 0.4) is 0 Å². The van der Waals surface area contributed by atoms with Crippen LogP contribution in [-0.4, -0.2) is 139 Å². The Bertz CT molecular complexity index is 5130. The van der Waals surface area contributed by atoms with E-state index in [1.54, 1.807) is 84.9 Å². The van der Waals surface area contributed by atoms with Gasteiger partial charge in [0.1, 0.15) is 51.9 Å². The fourth-order valence-corrected chi connectivity index (χ4v) is 13.8. The van der Waals surface area contributed by atoms with E-state index in [0.717, 1.165) is 36.4 Å². The Hall–Kier alpha value is -5.44. The summed E-state index contributed by atoms with van der Waals surface area (Å²) in [6, 6.07) is 37.1. The number of allylic oxidation sites excluding steroid dienone is 2. The average molecular weight is 1600 g/mol. The molecule has 6 N–H and O–H groups in total. The number of carboxylic acid groups (broad SMARTS) is 2. The summed E-state index contributed by atoms with van der Waals surface area (Å²) >= 11 is 0. The number of hydrogen-bond donors (Lipinski definition) is 6. The Morgan fingerprint density at radius 3 is 1.05 bits per heavy atom. The normalized spacial score (nSPS) is 15.0. The molecule has 0 unspecified atom stereocenters. The molecule has 2 aliphatic heterocycles. The van der Waals surface area contributed by atoms with Crippen LogP contribution in [0.2, 0.25) is 0 Å². The molecular formula is C68H52N10Na6O20S4. The van der Waals surface area contributed by atoms with Gasteiger partial charge in [0.25, 0.3) is 0 Å². The summed E-state index contributed by atoms with van der Waals surface area (Å²) < 4.78 is 163. The molecule has 30 nitrogen and oxygen atoms in total. The van der Waals surface area contributed by atoms with Crippen molar-refractivity contribution in [2.24, 2.45) is 10.2 Å². The fraction of sp³-hybridized carbons (Fsp3) is 0.118. The van der Waals surface area contributed by atoms with Crippen LogP contribution in [-0.2, 0) is 49.9 Å². The van der Waals surface area contributed by atoms with Gasteiger partial charge in [0.2, 0.25) is 11.6 Å². The molecule has 4 aliphatic rings. The van der Waals surface area contributed by atoms with E-state index in [4.69, 9.17) is 9.47 Å². The number of carbonyl (C=O) groups excluding carboxylic acids is 4. The van der Waals surface area contributed by atoms with Gasteiger partial charge < -0.3 is 78.6 Å². The molecule has 0 aromatic heterocycles. The number of hydrogen-bond acceptors (Lipinski definition) is 30. The van der Waals surface area contributed by atoms with Gasteiger partial charge in [0, 0.05) is 82.8 Å². The number of rotatable bonds is 22. The van der Waals surface area contributed by atoms with Gasteiger partial charge in [-0.05, 0) is 144 Å². The van der Waals surface area contributed by atoms with E-state index < -0.39 is 106 Å². The minimum absolute atomic E-state index is 0. The number of ketones is 2. The number of nitrogens with one attached hydrogen (secondary N) is 6. The summed E-state index contributed by atoms with van der Waals surface area (Å²) in [6.45, 7) is 2.80. The largest absolute Gasteiger partial charge is 1.00 e. The number of carboxylic acids is 2. The number of nitrogens with zero attached hydrogens (tertiary/aromatic N) is 4. The minimum atomic E-state index is -5.46. The van der Waals surface area contributed by atoms with Crippen molar-refractivity contribution in [2.45, 2.75) is 9.79 Å². The number of Topliss-reactive ketones (excluding diaryl/α,β-unsaturated/α-hetero) is 2. The molecule has 2 heterocycles. The van der Waals surface area contributed by atoms with Crippen molar-refractivity contribution in [1.29, 1.82) is 0 Å². The van der Waals surface area contributed by atoms with E-state index in [1.807, 2.05) is 9.80 Å². The Labute approximate surface area is 752 Å². The van der Waals surface area contributed by atoms with Crippen LogP contribution in [0, 0.1) is 0 Å². The molecule has 2 aliphatic carbocycles. The van der Waals surface area contributed by atoms with Crippen molar-refractivity contribution in [3.8, 4) is 0 Å². The molecule has 0 radical (unpaired) electrons. The molecule has 108 heavy (non-hydrogen) atoms. The van der Waals surface area contributed by atoms with Crippen molar-refractivity contribution in [1.82, 2.24) is 0 Å². The Morgan fingerprint density at radius 2 is 0.731 bits per heavy atom. The molecule has 2 saturated heterocycles. The van der Waals surface area contributed by atoms with E-state index in [0.29, 0.717) is 75.4 Å². The van der Waals surface area contributed by atoms with Crippen LogP contribution in [0.15, 0.2) is 188 Å². The predicted molar refractivity (Wildman–Crippen MR) is 370 cm³/mol. The summed E-state index contributed by atoms with van der Waals surface area (Å²) in [5.74, 6) is -5.57. The number of benzene rings is 8. The zero-order chi connectivity index (χ0) is 72.4. The van der Waals surface area contributed by atoms with Crippen LogP contribution in [0.25, 0.3) is 24.3 Å². The molecule has 8 aromatic rings. The topological polar surface area (TPSA) is 465 Å². The molecule has 40 heteroatoms. The zero-order valence-corrected chi connectivity index (χ0v) is 73.8. The van der Waals surface area contributed by atoms with Crippen molar-refractivity contribution in [2.75, 3.05) is 94.5 Å². The van der Waals surface area contributed by atoms with Crippen LogP contribution < -0.4 is 229 Å². The molecular weight excluding hydrogens is 1540 g/mol. The molecule has 2 fully saturated rings. The molecule has 8 aromatic carbocycles. The third-order valence-corrected chi connectivity index (χ3v) is 19.5. The van der Waals surface area contributed by atoms with Gasteiger partial charge in [-0.25, -0.2) is 33.7 Å². The quantitative estimate of drug-likeness (QED) is 0.0159. The second kappa shape index (κ2) is 38.9. The number of ether oxygens (including phenoxy) is 2. The van der Waals surface area contributed by atoms with E-state index in [9.17, 15) is 81.3 Å². The maximum Gasteiger partial charge on any atom is 1.00 e. The van der Waals surface area contributed by atoms with Crippen LogP contribution in [0.5, 0.6) is 0 Å². The van der Waals surface area contributed by atoms with E-state index in [2.05, 4.69) is 42.3 Å². The number of morpholine rings is 2. The van der Waals surface area contributed by atoms with Gasteiger partial charge in [-0.3, -0.25) is 20.4 Å². The predicted octanol–water partition coefficient (Wildman–Crippen LogP) is -11.8. The number of fused-ring (bicyclic) bond motifs is 2. The fourth-order valence-electron chi connectivity index (χ4n) is 11.5. The first kappa shape index (κ1) is 91.4. The summed E-state index contributed by atoms with van der Waals surface area (Å²) in [5.41, 5.74) is 3.42. The third kappa shape index (κ3) is 22.3. The van der Waals surface area contributed by atoms with Crippen molar-refractivity contribution in [3.05, 3.63) is 212 Å². The van der Waals surface area contributed by atoms with Gasteiger partial charge in [-0.15, -0.1) is 0 Å². The summed E-state index contributed by atoms with van der Waals surface area (Å²) in [4.78, 5) is 54.6. The van der Waals surface area contributed by atoms with Crippen LogP contribution in [0.1, 0.15) is 63.7 Å². The van der Waals surface area contributed by atoms with Gasteiger partial charge in [0.15, 0.2) is 0 Å². The maximum atomic E-state index is 14.4. The second-order valence-electron chi connectivity index (χ2n) is 23.0. The third-order valence-electron chi connectivity index (χ3n) is 16.2.